The van der Waals surface area contributed by atoms with Crippen LogP contribution >= 0.6 is 24.4 Å². The molecule has 0 bridgehead atoms. The number of fused-ring (bicyclic) bond motifs is 1. The number of hydrogen-bond donors (Lipinski definition) is 3. The number of sulfone groups is 1. The number of benzene rings is 3. The Morgan fingerprint density at radius 2 is 1.67 bits per heavy atom. The topological polar surface area (TPSA) is 171 Å². The maximum Gasteiger partial charge on any atom is 0.197 e. The second kappa shape index (κ2) is 12.2. The molecule has 0 atom stereocenters. The molecule has 0 fully saturated rings. The van der Waals surface area contributed by atoms with Gasteiger partial charge in [-0.15, -0.1) is 13.8 Å². The van der Waals surface area contributed by atoms with Crippen LogP contribution in [0.3, 0.4) is 0 Å². The van der Waals surface area contributed by atoms with E-state index in [4.69, 9.17) is 20.4 Å². The minimum atomic E-state index is -3.61. The summed E-state index contributed by atoms with van der Waals surface area (Å²) in [4.78, 5) is 0.706. The van der Waals surface area contributed by atoms with Crippen LogP contribution < -0.4 is 5.73 Å². The van der Waals surface area contributed by atoms with Gasteiger partial charge in [0.1, 0.15) is 5.69 Å². The maximum atomic E-state index is 12.3. The Labute approximate surface area is 196 Å². The molecule has 0 aliphatic rings. The van der Waals surface area contributed by atoms with Crippen LogP contribution in [0.25, 0.3) is 10.8 Å². The molecule has 0 saturated heterocycles. The van der Waals surface area contributed by atoms with Crippen LogP contribution in [-0.4, -0.2) is 31.3 Å². The molecule has 0 spiro atoms. The van der Waals surface area contributed by atoms with Crippen molar-refractivity contribution in [2.45, 2.75) is 9.79 Å². The number of nitrogens with zero attached hydrogens (tertiary/aromatic N) is 2. The third-order valence-electron chi connectivity index (χ3n) is 4.16. The van der Waals surface area contributed by atoms with Gasteiger partial charge in [-0.1, -0.05) is 22.2 Å². The lowest BCUT2D eigenvalue weighted by Crippen LogP contribution is -2.10. The fraction of sp³-hybridized carbons (Fsp3) is 0.111. The molecule has 0 aromatic heterocycles. The number of hydrogen-bond acceptors (Lipinski definition) is 14. The molecule has 0 aliphatic heterocycles. The number of nitrogens with two attached hydrogens (primary N) is 1. The van der Waals surface area contributed by atoms with Crippen LogP contribution in [0, 0.1) is 0 Å². The van der Waals surface area contributed by atoms with E-state index in [9.17, 15) is 8.42 Å². The van der Waals surface area contributed by atoms with Crippen LogP contribution in [0.4, 0.5) is 17.1 Å². The second-order valence-electron chi connectivity index (χ2n) is 6.16. The van der Waals surface area contributed by atoms with Gasteiger partial charge in [0.05, 0.1) is 40.7 Å². The normalized spacial score (nSPS) is 12.1. The average molecular weight is 516 g/mol. The van der Waals surface area contributed by atoms with Gasteiger partial charge in [-0.05, 0) is 47.9 Å². The minimum Gasteiger partial charge on any atom is -0.397 e. The van der Waals surface area contributed by atoms with Crippen molar-refractivity contribution in [2.75, 3.05) is 18.1 Å². The second-order valence-corrected chi connectivity index (χ2v) is 9.55. The van der Waals surface area contributed by atoms with Gasteiger partial charge < -0.3 is 5.73 Å². The van der Waals surface area contributed by atoms with Gasteiger partial charge in [-0.2, -0.15) is 5.11 Å². The summed E-state index contributed by atoms with van der Waals surface area (Å²) >= 11 is 1.10. The molecule has 0 aliphatic carbocycles. The first-order valence-electron chi connectivity index (χ1n) is 8.92. The molecular weight excluding hydrogens is 498 g/mol. The Kier molecular flexibility index (Phi) is 9.39. The van der Waals surface area contributed by atoms with Crippen LogP contribution in [0.5, 0.6) is 0 Å². The minimum absolute atomic E-state index is 0.0758. The van der Waals surface area contributed by atoms with Crippen molar-refractivity contribution < 1.29 is 41.9 Å². The van der Waals surface area contributed by atoms with Crippen molar-refractivity contribution in [3.63, 3.8) is 0 Å². The van der Waals surface area contributed by atoms with Crippen molar-refractivity contribution in [2.24, 2.45) is 10.2 Å². The van der Waals surface area contributed by atoms with Gasteiger partial charge in [0, 0.05) is 10.3 Å². The van der Waals surface area contributed by atoms with E-state index in [1.54, 1.807) is 18.2 Å². The molecule has 3 rings (SSSR count). The Bertz CT molecular complexity index is 1210. The summed E-state index contributed by atoms with van der Waals surface area (Å²) in [5.74, 6) is -0.312. The molecule has 33 heavy (non-hydrogen) atoms. The predicted molar refractivity (Wildman–Crippen MR) is 120 cm³/mol. The van der Waals surface area contributed by atoms with Crippen LogP contribution in [0.1, 0.15) is 0 Å². The van der Waals surface area contributed by atoms with Gasteiger partial charge in [-0.3, -0.25) is 4.18 Å². The smallest absolute Gasteiger partial charge is 0.197 e. The summed E-state index contributed by atoms with van der Waals surface area (Å²) in [6.45, 7) is -0.187. The van der Waals surface area contributed by atoms with E-state index in [0.29, 0.717) is 39.7 Å². The SMILES string of the molecule is Nc1ccc2ccc(SOOO)cc2c1N=Nc1ccc(S(=O)(=O)CCOSOOO)cc1. The van der Waals surface area contributed by atoms with E-state index in [1.807, 2.05) is 12.1 Å². The Morgan fingerprint density at radius 3 is 2.39 bits per heavy atom. The summed E-state index contributed by atoms with van der Waals surface area (Å²) in [6, 6.07) is 14.7. The van der Waals surface area contributed by atoms with Gasteiger partial charge in [0.15, 0.2) is 22.2 Å². The first-order chi connectivity index (χ1) is 15.9. The van der Waals surface area contributed by atoms with Crippen molar-refractivity contribution >= 4 is 62.0 Å². The van der Waals surface area contributed by atoms with E-state index in [0.717, 1.165) is 17.4 Å². The standard InChI is InChI=1S/C18H17N3O9S3/c19-17-8-2-12-1-5-14(31-29-27-22)11-16(12)18(17)21-20-13-3-6-15(7-4-13)33(24,25)10-9-26-32-30-28-23/h1-8,11,22-23H,9-10,19H2. The quantitative estimate of drug-likeness (QED) is 0.0733. The van der Waals surface area contributed by atoms with Crippen molar-refractivity contribution in [3.8, 4) is 0 Å². The van der Waals surface area contributed by atoms with Gasteiger partial charge in [0.2, 0.25) is 0 Å². The molecule has 3 aromatic carbocycles. The highest BCUT2D eigenvalue weighted by Gasteiger charge is 2.15. The van der Waals surface area contributed by atoms with Crippen molar-refractivity contribution in [1.29, 1.82) is 0 Å². The number of anilines is 1. The lowest BCUT2D eigenvalue weighted by atomic mass is 10.1. The predicted octanol–water partition coefficient (Wildman–Crippen LogP) is 5.04. The summed E-state index contributed by atoms with van der Waals surface area (Å²) in [7, 11) is -3.61. The van der Waals surface area contributed by atoms with Crippen LogP contribution in [-0.2, 0) is 32.8 Å². The maximum absolute atomic E-state index is 12.3. The van der Waals surface area contributed by atoms with E-state index in [2.05, 4.69) is 29.0 Å². The van der Waals surface area contributed by atoms with E-state index in [-0.39, 0.29) is 17.3 Å². The highest BCUT2D eigenvalue weighted by atomic mass is 32.2. The molecule has 176 valence electrons. The molecule has 0 amide bonds. The number of azo groups is 1. The molecule has 0 unspecified atom stereocenters. The Hall–Kier alpha value is -2.31. The molecule has 3 aromatic rings. The molecule has 0 heterocycles. The largest absolute Gasteiger partial charge is 0.397 e. The van der Waals surface area contributed by atoms with Crippen molar-refractivity contribution in [3.05, 3.63) is 54.6 Å². The van der Waals surface area contributed by atoms with Crippen LogP contribution in [0.15, 0.2) is 74.6 Å². The molecule has 0 saturated carbocycles. The summed E-state index contributed by atoms with van der Waals surface area (Å²) in [5.41, 5.74) is 7.30. The number of rotatable bonds is 12. The summed E-state index contributed by atoms with van der Waals surface area (Å²) in [5, 5.41) is 33.2. The zero-order valence-corrected chi connectivity index (χ0v) is 19.0. The molecule has 4 N–H and O–H groups in total. The molecule has 0 radical (unpaired) electrons. The summed E-state index contributed by atoms with van der Waals surface area (Å²) < 4.78 is 37.9. The third-order valence-corrected chi connectivity index (χ3v) is 6.81. The van der Waals surface area contributed by atoms with Gasteiger partial charge in [-0.25, -0.2) is 18.9 Å². The lowest BCUT2D eigenvalue weighted by molar-refractivity contribution is -0.434. The summed E-state index contributed by atoms with van der Waals surface area (Å²) in [6.07, 6.45) is 0. The Balaban J connectivity index is 1.76. The molecule has 12 nitrogen and oxygen atoms in total. The highest BCUT2D eigenvalue weighted by Crippen LogP contribution is 2.36. The first kappa shape index (κ1) is 25.3. The lowest BCUT2D eigenvalue weighted by Gasteiger charge is -2.07. The molecule has 15 heteroatoms. The van der Waals surface area contributed by atoms with Crippen LogP contribution in [0.2, 0.25) is 0 Å². The number of nitrogen functional groups attached to an aromatic ring is 1. The monoisotopic (exact) mass is 515 g/mol. The zero-order chi connectivity index (χ0) is 23.7. The van der Waals surface area contributed by atoms with Gasteiger partial charge in [0.25, 0.3) is 0 Å². The first-order valence-corrected chi connectivity index (χ1v) is 12.0. The third kappa shape index (κ3) is 7.08. The average Bonchev–Trinajstić information content (AvgIpc) is 2.82. The zero-order valence-electron chi connectivity index (χ0n) is 16.6. The van der Waals surface area contributed by atoms with Crippen molar-refractivity contribution in [1.82, 2.24) is 0 Å². The van der Waals surface area contributed by atoms with E-state index in [1.165, 1.54) is 24.3 Å². The Morgan fingerprint density at radius 1 is 0.939 bits per heavy atom. The molecular formula is C18H17N3O9S3. The fourth-order valence-electron chi connectivity index (χ4n) is 2.67. The van der Waals surface area contributed by atoms with Gasteiger partial charge >= 0.3 is 0 Å². The fourth-order valence-corrected chi connectivity index (χ4v) is 4.48. The van der Waals surface area contributed by atoms with E-state index < -0.39 is 9.84 Å². The van der Waals surface area contributed by atoms with E-state index >= 15 is 0 Å². The highest BCUT2D eigenvalue weighted by molar-refractivity contribution is 7.94.